The zero-order valence-electron chi connectivity index (χ0n) is 10.4. The topological polar surface area (TPSA) is 40.5 Å². The third-order valence-electron chi connectivity index (χ3n) is 3.67. The van der Waals surface area contributed by atoms with E-state index >= 15 is 0 Å². The number of benzene rings is 1. The number of nitrogens with zero attached hydrogens (tertiary/aromatic N) is 1. The summed E-state index contributed by atoms with van der Waals surface area (Å²) in [6.07, 6.45) is 0. The average molecular weight is 233 g/mol. The van der Waals surface area contributed by atoms with E-state index in [9.17, 15) is 4.79 Å². The van der Waals surface area contributed by atoms with Crippen molar-refractivity contribution in [3.05, 3.63) is 35.4 Å². The number of likely N-dealkylation sites (tertiary alicyclic amines) is 1. The van der Waals surface area contributed by atoms with Crippen molar-refractivity contribution in [3.63, 3.8) is 0 Å². The Morgan fingerprint density at radius 1 is 1.24 bits per heavy atom. The first-order chi connectivity index (χ1) is 8.06. The second-order valence-corrected chi connectivity index (χ2v) is 5.15. The average Bonchev–Trinajstić information content (AvgIpc) is 2.58. The van der Waals surface area contributed by atoms with Crippen LogP contribution in [0.4, 0.5) is 0 Å². The monoisotopic (exact) mass is 233 g/mol. The van der Waals surface area contributed by atoms with E-state index in [1.165, 1.54) is 5.56 Å². The highest BCUT2D eigenvalue weighted by Gasteiger charge is 2.25. The van der Waals surface area contributed by atoms with E-state index in [1.807, 2.05) is 12.1 Å². The fourth-order valence-electron chi connectivity index (χ4n) is 2.39. The Morgan fingerprint density at radius 2 is 1.76 bits per heavy atom. The van der Waals surface area contributed by atoms with Gasteiger partial charge in [0.1, 0.15) is 0 Å². The van der Waals surface area contributed by atoms with E-state index in [4.69, 9.17) is 5.11 Å². The smallest absolute Gasteiger partial charge is 0.335 e. The quantitative estimate of drug-likeness (QED) is 0.872. The first-order valence-corrected chi connectivity index (χ1v) is 6.11. The summed E-state index contributed by atoms with van der Waals surface area (Å²) in [6, 6.07) is 7.19. The van der Waals surface area contributed by atoms with E-state index in [2.05, 4.69) is 18.7 Å². The Balaban J connectivity index is 1.98. The molecular weight excluding hydrogens is 214 g/mol. The Kier molecular flexibility index (Phi) is 3.48. The van der Waals surface area contributed by atoms with Crippen molar-refractivity contribution in [3.8, 4) is 0 Å². The van der Waals surface area contributed by atoms with E-state index < -0.39 is 5.97 Å². The summed E-state index contributed by atoms with van der Waals surface area (Å²) in [5.74, 6) is 0.654. The molecule has 0 bridgehead atoms. The van der Waals surface area contributed by atoms with Crippen molar-refractivity contribution in [2.45, 2.75) is 20.4 Å². The predicted octanol–water partition coefficient (Wildman–Crippen LogP) is 2.47. The molecule has 1 fully saturated rings. The maximum absolute atomic E-state index is 10.7. The zero-order valence-corrected chi connectivity index (χ0v) is 10.4. The number of aromatic carboxylic acids is 1. The van der Waals surface area contributed by atoms with Crippen LogP contribution in [-0.4, -0.2) is 29.1 Å². The Bertz CT molecular complexity index is 389. The number of carbonyl (C=O) groups is 1. The van der Waals surface area contributed by atoms with Crippen molar-refractivity contribution >= 4 is 5.97 Å². The van der Waals surface area contributed by atoms with Crippen LogP contribution in [-0.2, 0) is 6.54 Å². The molecule has 2 atom stereocenters. The molecule has 1 aromatic carbocycles. The van der Waals surface area contributed by atoms with E-state index in [0.717, 1.165) is 31.5 Å². The molecule has 2 rings (SSSR count). The fraction of sp³-hybridized carbons (Fsp3) is 0.500. The molecule has 1 aliphatic heterocycles. The highest BCUT2D eigenvalue weighted by Crippen LogP contribution is 2.23. The standard InChI is InChI=1S/C14H19NO2/c1-10-7-15(8-11(10)2)9-12-3-5-13(6-4-12)14(16)17/h3-6,10-11H,7-9H2,1-2H3,(H,16,17). The van der Waals surface area contributed by atoms with Gasteiger partial charge in [-0.3, -0.25) is 4.90 Å². The van der Waals surface area contributed by atoms with Gasteiger partial charge in [0, 0.05) is 19.6 Å². The summed E-state index contributed by atoms with van der Waals surface area (Å²) in [7, 11) is 0. The SMILES string of the molecule is CC1CN(Cc2ccc(C(=O)O)cc2)CC1C. The molecule has 2 unspecified atom stereocenters. The number of hydrogen-bond acceptors (Lipinski definition) is 2. The summed E-state index contributed by atoms with van der Waals surface area (Å²) in [5, 5.41) is 8.82. The minimum absolute atomic E-state index is 0.358. The van der Waals surface area contributed by atoms with Gasteiger partial charge < -0.3 is 5.11 Å². The molecule has 0 aliphatic carbocycles. The summed E-state index contributed by atoms with van der Waals surface area (Å²) in [6.45, 7) is 7.79. The van der Waals surface area contributed by atoms with Gasteiger partial charge in [-0.1, -0.05) is 26.0 Å². The Hall–Kier alpha value is -1.35. The molecule has 1 aromatic rings. The summed E-state index contributed by atoms with van der Waals surface area (Å²) >= 11 is 0. The minimum Gasteiger partial charge on any atom is -0.478 e. The van der Waals surface area contributed by atoms with Crippen molar-refractivity contribution in [2.75, 3.05) is 13.1 Å². The largest absolute Gasteiger partial charge is 0.478 e. The summed E-state index contributed by atoms with van der Waals surface area (Å²) in [5.41, 5.74) is 1.55. The third-order valence-corrected chi connectivity index (χ3v) is 3.67. The molecule has 92 valence electrons. The van der Waals surface area contributed by atoms with Crippen LogP contribution in [0.3, 0.4) is 0 Å². The van der Waals surface area contributed by atoms with Crippen LogP contribution in [0.25, 0.3) is 0 Å². The Morgan fingerprint density at radius 3 is 2.24 bits per heavy atom. The lowest BCUT2D eigenvalue weighted by atomic mass is 10.0. The number of rotatable bonds is 3. The van der Waals surface area contributed by atoms with Crippen molar-refractivity contribution in [2.24, 2.45) is 11.8 Å². The fourth-order valence-corrected chi connectivity index (χ4v) is 2.39. The lowest BCUT2D eigenvalue weighted by Crippen LogP contribution is -2.20. The lowest BCUT2D eigenvalue weighted by molar-refractivity contribution is 0.0697. The van der Waals surface area contributed by atoms with Crippen LogP contribution >= 0.6 is 0 Å². The first-order valence-electron chi connectivity index (χ1n) is 6.11. The Labute approximate surface area is 102 Å². The normalized spacial score (nSPS) is 25.1. The summed E-state index contributed by atoms with van der Waals surface area (Å²) in [4.78, 5) is 13.2. The molecule has 17 heavy (non-hydrogen) atoms. The molecule has 0 amide bonds. The van der Waals surface area contributed by atoms with Gasteiger partial charge in [-0.2, -0.15) is 0 Å². The van der Waals surface area contributed by atoms with Crippen LogP contribution in [0.1, 0.15) is 29.8 Å². The van der Waals surface area contributed by atoms with Gasteiger partial charge in [0.25, 0.3) is 0 Å². The number of carboxylic acid groups (broad SMARTS) is 1. The third kappa shape index (κ3) is 2.86. The molecule has 1 saturated heterocycles. The number of carboxylic acids is 1. The van der Waals surface area contributed by atoms with Crippen molar-refractivity contribution in [1.29, 1.82) is 0 Å². The van der Waals surface area contributed by atoms with Gasteiger partial charge in [0.15, 0.2) is 0 Å². The summed E-state index contributed by atoms with van der Waals surface area (Å²) < 4.78 is 0. The van der Waals surface area contributed by atoms with Crippen LogP contribution in [0.15, 0.2) is 24.3 Å². The van der Waals surface area contributed by atoms with Gasteiger partial charge in [-0.05, 0) is 29.5 Å². The number of hydrogen-bond donors (Lipinski definition) is 1. The minimum atomic E-state index is -0.861. The molecule has 0 spiro atoms. The molecule has 0 saturated carbocycles. The first kappa shape index (κ1) is 12.1. The van der Waals surface area contributed by atoms with Gasteiger partial charge in [0.2, 0.25) is 0 Å². The van der Waals surface area contributed by atoms with Gasteiger partial charge in [-0.15, -0.1) is 0 Å². The molecule has 0 radical (unpaired) electrons. The van der Waals surface area contributed by atoms with Crippen LogP contribution in [0, 0.1) is 11.8 Å². The highest BCUT2D eigenvalue weighted by atomic mass is 16.4. The van der Waals surface area contributed by atoms with Gasteiger partial charge in [-0.25, -0.2) is 4.79 Å². The van der Waals surface area contributed by atoms with E-state index in [-0.39, 0.29) is 0 Å². The molecule has 1 heterocycles. The van der Waals surface area contributed by atoms with Gasteiger partial charge in [0.05, 0.1) is 5.56 Å². The lowest BCUT2D eigenvalue weighted by Gasteiger charge is -2.15. The van der Waals surface area contributed by atoms with E-state index in [1.54, 1.807) is 12.1 Å². The molecule has 3 heteroatoms. The second kappa shape index (κ2) is 4.88. The molecule has 3 nitrogen and oxygen atoms in total. The molecular formula is C14H19NO2. The maximum Gasteiger partial charge on any atom is 0.335 e. The maximum atomic E-state index is 10.7. The van der Waals surface area contributed by atoms with Crippen LogP contribution < -0.4 is 0 Å². The second-order valence-electron chi connectivity index (χ2n) is 5.15. The van der Waals surface area contributed by atoms with E-state index in [0.29, 0.717) is 5.56 Å². The highest BCUT2D eigenvalue weighted by molar-refractivity contribution is 5.87. The molecule has 1 N–H and O–H groups in total. The zero-order chi connectivity index (χ0) is 12.4. The van der Waals surface area contributed by atoms with Crippen LogP contribution in [0.5, 0.6) is 0 Å². The van der Waals surface area contributed by atoms with Crippen molar-refractivity contribution in [1.82, 2.24) is 4.90 Å². The molecule has 1 aliphatic rings. The van der Waals surface area contributed by atoms with Gasteiger partial charge >= 0.3 is 5.97 Å². The molecule has 0 aromatic heterocycles. The van der Waals surface area contributed by atoms with Crippen LogP contribution in [0.2, 0.25) is 0 Å². The van der Waals surface area contributed by atoms with Crippen molar-refractivity contribution < 1.29 is 9.90 Å². The predicted molar refractivity (Wildman–Crippen MR) is 67.0 cm³/mol.